The van der Waals surface area contributed by atoms with Crippen LogP contribution in [0.15, 0.2) is 42.5 Å². The van der Waals surface area contributed by atoms with E-state index in [1.807, 2.05) is 25.1 Å². The molecule has 0 heterocycles. The summed E-state index contributed by atoms with van der Waals surface area (Å²) in [7, 11) is 0. The van der Waals surface area contributed by atoms with Gasteiger partial charge in [0, 0.05) is 29.2 Å². The number of nitrogens with one attached hydrogen (secondary N) is 1. The average molecular weight is 312 g/mol. The zero-order valence-electron chi connectivity index (χ0n) is 11.5. The molecular formula is C16H16ClF2NO. The van der Waals surface area contributed by atoms with Crippen molar-refractivity contribution in [3.63, 3.8) is 0 Å². The maximum absolute atomic E-state index is 13.6. The molecule has 1 unspecified atom stereocenters. The van der Waals surface area contributed by atoms with E-state index in [0.717, 1.165) is 17.7 Å². The first-order valence-corrected chi connectivity index (χ1v) is 6.97. The first-order chi connectivity index (χ1) is 9.99. The molecule has 112 valence electrons. The minimum absolute atomic E-state index is 0.0651. The van der Waals surface area contributed by atoms with Crippen LogP contribution in [0.2, 0.25) is 5.02 Å². The molecule has 0 saturated carbocycles. The van der Waals surface area contributed by atoms with Crippen molar-refractivity contribution >= 4 is 11.6 Å². The van der Waals surface area contributed by atoms with Crippen LogP contribution in [0.25, 0.3) is 0 Å². The molecular weight excluding hydrogens is 296 g/mol. The number of hydrogen-bond acceptors (Lipinski definition) is 2. The Kier molecular flexibility index (Phi) is 5.28. The molecule has 0 aromatic heterocycles. The third kappa shape index (κ3) is 4.00. The fourth-order valence-electron chi connectivity index (χ4n) is 2.11. The maximum atomic E-state index is 13.6. The molecule has 2 aromatic rings. The molecule has 2 atom stereocenters. The SMILES string of the molecule is C[C@H](NCC(O)c1ccc(F)cc1F)c1ccccc1Cl. The van der Waals surface area contributed by atoms with E-state index in [9.17, 15) is 13.9 Å². The van der Waals surface area contributed by atoms with Gasteiger partial charge in [0.05, 0.1) is 6.10 Å². The Morgan fingerprint density at radius 2 is 1.86 bits per heavy atom. The zero-order chi connectivity index (χ0) is 15.4. The summed E-state index contributed by atoms with van der Waals surface area (Å²) in [5.74, 6) is -1.42. The Morgan fingerprint density at radius 1 is 1.14 bits per heavy atom. The minimum Gasteiger partial charge on any atom is -0.387 e. The van der Waals surface area contributed by atoms with Gasteiger partial charge in [0.25, 0.3) is 0 Å². The molecule has 21 heavy (non-hydrogen) atoms. The lowest BCUT2D eigenvalue weighted by Crippen LogP contribution is -2.25. The molecule has 2 rings (SSSR count). The van der Waals surface area contributed by atoms with Crippen molar-refractivity contribution in [1.82, 2.24) is 5.32 Å². The highest BCUT2D eigenvalue weighted by molar-refractivity contribution is 6.31. The fraction of sp³-hybridized carbons (Fsp3) is 0.250. The number of aliphatic hydroxyl groups excluding tert-OH is 1. The van der Waals surface area contributed by atoms with Crippen molar-refractivity contribution in [2.75, 3.05) is 6.54 Å². The Bertz CT molecular complexity index is 621. The molecule has 5 heteroatoms. The maximum Gasteiger partial charge on any atom is 0.131 e. The summed E-state index contributed by atoms with van der Waals surface area (Å²) < 4.78 is 26.4. The molecule has 2 nitrogen and oxygen atoms in total. The lowest BCUT2D eigenvalue weighted by molar-refractivity contribution is 0.166. The lowest BCUT2D eigenvalue weighted by atomic mass is 10.1. The molecule has 0 saturated heterocycles. The quantitative estimate of drug-likeness (QED) is 0.874. The number of aliphatic hydroxyl groups is 1. The van der Waals surface area contributed by atoms with Crippen molar-refractivity contribution in [3.05, 3.63) is 70.2 Å². The first kappa shape index (κ1) is 15.9. The van der Waals surface area contributed by atoms with Crippen LogP contribution in [0.4, 0.5) is 8.78 Å². The van der Waals surface area contributed by atoms with Crippen molar-refractivity contribution in [3.8, 4) is 0 Å². The number of halogens is 3. The topological polar surface area (TPSA) is 32.3 Å². The molecule has 0 spiro atoms. The second kappa shape index (κ2) is 6.98. The standard InChI is InChI=1S/C16H16ClF2NO/c1-10(12-4-2-3-5-14(12)17)20-9-16(21)13-7-6-11(18)8-15(13)19/h2-8,10,16,20-21H,9H2,1H3/t10-,16?/m0/s1. The van der Waals surface area contributed by atoms with Crippen molar-refractivity contribution in [2.45, 2.75) is 19.1 Å². The smallest absolute Gasteiger partial charge is 0.131 e. The fourth-order valence-corrected chi connectivity index (χ4v) is 2.41. The van der Waals surface area contributed by atoms with Gasteiger partial charge in [0.15, 0.2) is 0 Å². The second-order valence-electron chi connectivity index (χ2n) is 4.83. The largest absolute Gasteiger partial charge is 0.387 e. The highest BCUT2D eigenvalue weighted by Crippen LogP contribution is 2.23. The van der Waals surface area contributed by atoms with Crippen LogP contribution in [0.1, 0.15) is 30.2 Å². The summed E-state index contributed by atoms with van der Waals surface area (Å²) in [5, 5.41) is 13.7. The van der Waals surface area contributed by atoms with Crippen molar-refractivity contribution in [1.29, 1.82) is 0 Å². The Morgan fingerprint density at radius 3 is 2.52 bits per heavy atom. The summed E-state index contributed by atoms with van der Waals surface area (Å²) in [6.45, 7) is 2.03. The normalized spacial score (nSPS) is 14.0. The van der Waals surface area contributed by atoms with Gasteiger partial charge >= 0.3 is 0 Å². The van der Waals surface area contributed by atoms with Gasteiger partial charge in [-0.3, -0.25) is 0 Å². The first-order valence-electron chi connectivity index (χ1n) is 6.60. The van der Waals surface area contributed by atoms with Crippen molar-refractivity contribution < 1.29 is 13.9 Å². The van der Waals surface area contributed by atoms with E-state index in [1.54, 1.807) is 6.07 Å². The van der Waals surface area contributed by atoms with E-state index in [0.29, 0.717) is 5.02 Å². The van der Waals surface area contributed by atoms with Gasteiger partial charge in [-0.1, -0.05) is 35.9 Å². The Labute approximate surface area is 127 Å². The van der Waals surface area contributed by atoms with Gasteiger partial charge in [-0.05, 0) is 24.6 Å². The number of hydrogen-bond donors (Lipinski definition) is 2. The lowest BCUT2D eigenvalue weighted by Gasteiger charge is -2.19. The van der Waals surface area contributed by atoms with Crippen LogP contribution in [-0.2, 0) is 0 Å². The third-order valence-electron chi connectivity index (χ3n) is 3.31. The molecule has 0 aliphatic carbocycles. The average Bonchev–Trinajstić information content (AvgIpc) is 2.45. The number of benzene rings is 2. The predicted molar refractivity (Wildman–Crippen MR) is 79.2 cm³/mol. The summed E-state index contributed by atoms with van der Waals surface area (Å²) in [6.07, 6.45) is -1.06. The summed E-state index contributed by atoms with van der Waals surface area (Å²) in [5.41, 5.74) is 0.959. The molecule has 2 N–H and O–H groups in total. The molecule has 0 aliphatic rings. The van der Waals surface area contributed by atoms with Gasteiger partial charge in [0.2, 0.25) is 0 Å². The predicted octanol–water partition coefficient (Wildman–Crippen LogP) is 4.00. The summed E-state index contributed by atoms with van der Waals surface area (Å²) in [4.78, 5) is 0. The van der Waals surface area contributed by atoms with Gasteiger partial charge < -0.3 is 10.4 Å². The third-order valence-corrected chi connectivity index (χ3v) is 3.65. The molecule has 2 aromatic carbocycles. The van der Waals surface area contributed by atoms with Crippen LogP contribution >= 0.6 is 11.6 Å². The molecule has 0 bridgehead atoms. The highest BCUT2D eigenvalue weighted by Gasteiger charge is 2.15. The van der Waals surface area contributed by atoms with Gasteiger partial charge in [-0.2, -0.15) is 0 Å². The van der Waals surface area contributed by atoms with Crippen LogP contribution in [0.3, 0.4) is 0 Å². The van der Waals surface area contributed by atoms with Gasteiger partial charge in [-0.25, -0.2) is 8.78 Å². The van der Waals surface area contributed by atoms with Crippen LogP contribution in [0.5, 0.6) is 0 Å². The Hall–Kier alpha value is -1.49. The van der Waals surface area contributed by atoms with Crippen LogP contribution in [-0.4, -0.2) is 11.7 Å². The molecule has 0 amide bonds. The van der Waals surface area contributed by atoms with Crippen LogP contribution in [0, 0.1) is 11.6 Å². The zero-order valence-corrected chi connectivity index (χ0v) is 12.2. The molecule has 0 fully saturated rings. The number of rotatable bonds is 5. The highest BCUT2D eigenvalue weighted by atomic mass is 35.5. The van der Waals surface area contributed by atoms with E-state index in [2.05, 4.69) is 5.32 Å². The van der Waals surface area contributed by atoms with E-state index in [4.69, 9.17) is 11.6 Å². The summed E-state index contributed by atoms with van der Waals surface area (Å²) >= 11 is 6.09. The van der Waals surface area contributed by atoms with E-state index in [-0.39, 0.29) is 18.2 Å². The monoisotopic (exact) mass is 311 g/mol. The van der Waals surface area contributed by atoms with E-state index < -0.39 is 17.7 Å². The summed E-state index contributed by atoms with van der Waals surface area (Å²) in [6, 6.07) is 10.4. The Balaban J connectivity index is 2.01. The van der Waals surface area contributed by atoms with E-state index in [1.165, 1.54) is 6.07 Å². The second-order valence-corrected chi connectivity index (χ2v) is 5.24. The van der Waals surface area contributed by atoms with Crippen molar-refractivity contribution in [2.24, 2.45) is 0 Å². The molecule has 0 aliphatic heterocycles. The minimum atomic E-state index is -1.06. The van der Waals surface area contributed by atoms with Gasteiger partial charge in [0.1, 0.15) is 11.6 Å². The van der Waals surface area contributed by atoms with E-state index >= 15 is 0 Å². The van der Waals surface area contributed by atoms with Crippen LogP contribution < -0.4 is 5.32 Å². The van der Waals surface area contributed by atoms with Gasteiger partial charge in [-0.15, -0.1) is 0 Å². The molecule has 0 radical (unpaired) electrons.